The minimum Gasteiger partial charge on any atom is -0.497 e. The Balaban J connectivity index is 3.03. The lowest BCUT2D eigenvalue weighted by Crippen LogP contribution is -1.97. The average molecular weight is 191 g/mol. The lowest BCUT2D eigenvalue weighted by Gasteiger charge is -2.13. The fraction of sp³-hybridized carbons (Fsp3) is 0.462. The van der Waals surface area contributed by atoms with Crippen molar-refractivity contribution in [1.82, 2.24) is 0 Å². The fourth-order valence-corrected chi connectivity index (χ4v) is 1.68. The maximum atomic E-state index is 5.22. The van der Waals surface area contributed by atoms with Crippen molar-refractivity contribution in [2.24, 2.45) is 0 Å². The molecule has 1 rings (SSSR count). The van der Waals surface area contributed by atoms with Crippen LogP contribution in [0.2, 0.25) is 0 Å². The number of hydrogen-bond acceptors (Lipinski definition) is 1. The van der Waals surface area contributed by atoms with Crippen molar-refractivity contribution in [1.29, 1.82) is 0 Å². The van der Waals surface area contributed by atoms with Crippen LogP contribution in [-0.2, 0) is 6.42 Å². The molecule has 0 saturated carbocycles. The van der Waals surface area contributed by atoms with Crippen LogP contribution >= 0.6 is 0 Å². The maximum Gasteiger partial charge on any atom is 0.119 e. The number of benzene rings is 1. The minimum absolute atomic E-state index is 0.572. The van der Waals surface area contributed by atoms with E-state index in [0.717, 1.165) is 18.6 Å². The minimum atomic E-state index is 0.572. The number of rotatable bonds is 4. The smallest absolute Gasteiger partial charge is 0.119 e. The van der Waals surface area contributed by atoms with Crippen LogP contribution in [0.4, 0.5) is 0 Å². The van der Waals surface area contributed by atoms with E-state index in [0.29, 0.717) is 5.92 Å². The molecule has 0 atom stereocenters. The summed E-state index contributed by atoms with van der Waals surface area (Å²) < 4.78 is 5.22. The highest BCUT2D eigenvalue weighted by Crippen LogP contribution is 2.25. The summed E-state index contributed by atoms with van der Waals surface area (Å²) in [6.45, 7) is 8.33. The monoisotopic (exact) mass is 191 g/mol. The molecule has 0 saturated heterocycles. The second-order valence-corrected chi connectivity index (χ2v) is 3.82. The molecule has 0 aromatic heterocycles. The quantitative estimate of drug-likeness (QED) is 0.706. The van der Waals surface area contributed by atoms with E-state index in [-0.39, 0.29) is 0 Å². The van der Waals surface area contributed by atoms with Crippen LogP contribution in [0.5, 0.6) is 5.75 Å². The van der Waals surface area contributed by atoms with E-state index >= 15 is 0 Å². The molecular formula is C13H19O. The number of ether oxygens (including phenoxy) is 1. The highest BCUT2D eigenvalue weighted by Gasteiger charge is 2.06. The summed E-state index contributed by atoms with van der Waals surface area (Å²) in [5, 5.41) is 0. The molecule has 1 aromatic carbocycles. The third-order valence-corrected chi connectivity index (χ3v) is 2.42. The van der Waals surface area contributed by atoms with Crippen LogP contribution in [0.15, 0.2) is 18.2 Å². The Morgan fingerprint density at radius 3 is 2.57 bits per heavy atom. The molecule has 1 nitrogen and oxygen atoms in total. The van der Waals surface area contributed by atoms with Crippen molar-refractivity contribution in [2.45, 2.75) is 32.6 Å². The molecule has 0 aliphatic heterocycles. The predicted molar refractivity (Wildman–Crippen MR) is 60.8 cm³/mol. The first-order chi connectivity index (χ1) is 6.69. The number of methoxy groups -OCH3 is 1. The fourth-order valence-electron chi connectivity index (χ4n) is 1.68. The molecule has 0 aliphatic carbocycles. The molecule has 1 heteroatoms. The molecular weight excluding hydrogens is 172 g/mol. The van der Waals surface area contributed by atoms with E-state index in [2.05, 4.69) is 32.9 Å². The van der Waals surface area contributed by atoms with Crippen molar-refractivity contribution < 1.29 is 4.74 Å². The Morgan fingerprint density at radius 2 is 2.07 bits per heavy atom. The first-order valence-corrected chi connectivity index (χ1v) is 5.15. The standard InChI is InChI=1S/C13H19O/c1-5-6-11-9-12(14-4)7-8-13(11)10(2)3/h7-10H,1,5-6H2,2-4H3. The third kappa shape index (κ3) is 2.50. The Labute approximate surface area is 87.1 Å². The second-order valence-electron chi connectivity index (χ2n) is 3.82. The molecule has 0 spiro atoms. The van der Waals surface area contributed by atoms with Gasteiger partial charge in [0.1, 0.15) is 5.75 Å². The van der Waals surface area contributed by atoms with Gasteiger partial charge in [-0.05, 0) is 42.0 Å². The lowest BCUT2D eigenvalue weighted by atomic mass is 9.94. The largest absolute Gasteiger partial charge is 0.497 e. The highest BCUT2D eigenvalue weighted by molar-refractivity contribution is 5.37. The predicted octanol–water partition coefficient (Wildman–Crippen LogP) is 3.59. The summed E-state index contributed by atoms with van der Waals surface area (Å²) in [5.74, 6) is 1.51. The first-order valence-electron chi connectivity index (χ1n) is 5.15. The van der Waals surface area contributed by atoms with Gasteiger partial charge in [-0.3, -0.25) is 0 Å². The van der Waals surface area contributed by atoms with Gasteiger partial charge < -0.3 is 4.74 Å². The molecule has 0 fully saturated rings. The van der Waals surface area contributed by atoms with Gasteiger partial charge in [-0.25, -0.2) is 0 Å². The van der Waals surface area contributed by atoms with Gasteiger partial charge in [0.2, 0.25) is 0 Å². The molecule has 77 valence electrons. The summed E-state index contributed by atoms with van der Waals surface area (Å²) in [6.07, 6.45) is 1.97. The Kier molecular flexibility index (Phi) is 3.99. The molecule has 1 radical (unpaired) electrons. The van der Waals surface area contributed by atoms with Crippen molar-refractivity contribution >= 4 is 0 Å². The highest BCUT2D eigenvalue weighted by atomic mass is 16.5. The number of hydrogen-bond donors (Lipinski definition) is 0. The zero-order chi connectivity index (χ0) is 10.6. The SMILES string of the molecule is [CH2]CCc1cc(OC)ccc1C(C)C. The van der Waals surface area contributed by atoms with Crippen LogP contribution in [0.1, 0.15) is 37.3 Å². The van der Waals surface area contributed by atoms with E-state index < -0.39 is 0 Å². The topological polar surface area (TPSA) is 9.23 Å². The van der Waals surface area contributed by atoms with Crippen LogP contribution in [-0.4, -0.2) is 7.11 Å². The van der Waals surface area contributed by atoms with E-state index in [4.69, 9.17) is 4.74 Å². The Morgan fingerprint density at radius 1 is 1.36 bits per heavy atom. The summed E-state index contributed by atoms with van der Waals surface area (Å²) >= 11 is 0. The molecule has 0 N–H and O–H groups in total. The van der Waals surface area contributed by atoms with Crippen molar-refractivity contribution in [3.05, 3.63) is 36.2 Å². The average Bonchev–Trinajstić information content (AvgIpc) is 2.17. The van der Waals surface area contributed by atoms with Gasteiger partial charge in [0.25, 0.3) is 0 Å². The lowest BCUT2D eigenvalue weighted by molar-refractivity contribution is 0.414. The number of aryl methyl sites for hydroxylation is 1. The summed E-state index contributed by atoms with van der Waals surface area (Å²) in [5.41, 5.74) is 2.78. The van der Waals surface area contributed by atoms with Gasteiger partial charge in [0.15, 0.2) is 0 Å². The van der Waals surface area contributed by atoms with Crippen LogP contribution in [0, 0.1) is 6.92 Å². The van der Waals surface area contributed by atoms with Gasteiger partial charge in [-0.2, -0.15) is 0 Å². The summed E-state index contributed by atoms with van der Waals surface area (Å²) in [6, 6.07) is 6.32. The first kappa shape index (κ1) is 11.1. The second kappa shape index (κ2) is 5.04. The van der Waals surface area contributed by atoms with Crippen molar-refractivity contribution in [2.75, 3.05) is 7.11 Å². The van der Waals surface area contributed by atoms with Crippen molar-refractivity contribution in [3.8, 4) is 5.75 Å². The molecule has 0 heterocycles. The van der Waals surface area contributed by atoms with Gasteiger partial charge in [0, 0.05) is 0 Å². The molecule has 14 heavy (non-hydrogen) atoms. The molecule has 0 amide bonds. The van der Waals surface area contributed by atoms with E-state index in [9.17, 15) is 0 Å². The summed E-state index contributed by atoms with van der Waals surface area (Å²) in [7, 11) is 1.71. The molecule has 0 unspecified atom stereocenters. The Bertz CT molecular complexity index is 289. The van der Waals surface area contributed by atoms with E-state index in [1.165, 1.54) is 11.1 Å². The molecule has 0 bridgehead atoms. The zero-order valence-corrected chi connectivity index (χ0v) is 9.34. The third-order valence-electron chi connectivity index (χ3n) is 2.42. The van der Waals surface area contributed by atoms with E-state index in [1.54, 1.807) is 7.11 Å². The zero-order valence-electron chi connectivity index (χ0n) is 9.34. The molecule has 0 aliphatic rings. The van der Waals surface area contributed by atoms with Gasteiger partial charge in [-0.1, -0.05) is 26.8 Å². The van der Waals surface area contributed by atoms with Gasteiger partial charge in [0.05, 0.1) is 7.11 Å². The van der Waals surface area contributed by atoms with Crippen LogP contribution in [0.3, 0.4) is 0 Å². The molecule has 1 aromatic rings. The van der Waals surface area contributed by atoms with Gasteiger partial charge >= 0.3 is 0 Å². The van der Waals surface area contributed by atoms with Crippen LogP contribution < -0.4 is 4.74 Å². The normalized spacial score (nSPS) is 10.6. The Hall–Kier alpha value is -0.980. The van der Waals surface area contributed by atoms with Crippen molar-refractivity contribution in [3.63, 3.8) is 0 Å². The van der Waals surface area contributed by atoms with Gasteiger partial charge in [-0.15, -0.1) is 0 Å². The van der Waals surface area contributed by atoms with E-state index in [1.807, 2.05) is 6.07 Å². The maximum absolute atomic E-state index is 5.22. The summed E-state index contributed by atoms with van der Waals surface area (Å²) in [4.78, 5) is 0. The van der Waals surface area contributed by atoms with Crippen LogP contribution in [0.25, 0.3) is 0 Å².